The monoisotopic (exact) mass is 411 g/mol. The number of carbonyl (C=O) groups excluding carboxylic acids is 3. The number of benzene rings is 2. The van der Waals surface area contributed by atoms with Crippen molar-refractivity contribution in [2.75, 3.05) is 23.3 Å². The Hall–Kier alpha value is -2.86. The fourth-order valence-electron chi connectivity index (χ4n) is 4.05. The van der Waals surface area contributed by atoms with Crippen molar-refractivity contribution in [2.24, 2.45) is 0 Å². The van der Waals surface area contributed by atoms with Crippen molar-refractivity contribution in [3.63, 3.8) is 0 Å². The van der Waals surface area contributed by atoms with Crippen molar-refractivity contribution in [1.82, 2.24) is 4.90 Å². The number of para-hydroxylation sites is 2. The van der Waals surface area contributed by atoms with Gasteiger partial charge in [0.1, 0.15) is 12.6 Å². The molecule has 1 N–H and O–H groups in total. The van der Waals surface area contributed by atoms with E-state index in [4.69, 9.17) is 11.6 Å². The Balaban J connectivity index is 1.66. The third-order valence-corrected chi connectivity index (χ3v) is 5.84. The lowest BCUT2D eigenvalue weighted by Crippen LogP contribution is -2.52. The van der Waals surface area contributed by atoms with Crippen LogP contribution in [0.3, 0.4) is 0 Å². The molecule has 2 aromatic rings. The summed E-state index contributed by atoms with van der Waals surface area (Å²) in [6.45, 7) is 2.23. The van der Waals surface area contributed by atoms with Crippen LogP contribution < -0.4 is 10.2 Å². The maximum absolute atomic E-state index is 13.3. The summed E-state index contributed by atoms with van der Waals surface area (Å²) in [5.41, 5.74) is 2.29. The van der Waals surface area contributed by atoms with Crippen LogP contribution in [-0.2, 0) is 9.59 Å². The molecule has 0 saturated carbocycles. The lowest BCUT2D eigenvalue weighted by Gasteiger charge is -2.34. The van der Waals surface area contributed by atoms with E-state index in [-0.39, 0.29) is 24.3 Å². The lowest BCUT2D eigenvalue weighted by molar-refractivity contribution is -0.125. The van der Waals surface area contributed by atoms with Gasteiger partial charge in [0.15, 0.2) is 0 Å². The van der Waals surface area contributed by atoms with Gasteiger partial charge in [-0.15, -0.1) is 0 Å². The third kappa shape index (κ3) is 3.60. The molecule has 2 aliphatic heterocycles. The summed E-state index contributed by atoms with van der Waals surface area (Å²) in [5.74, 6) is -0.724. The van der Waals surface area contributed by atoms with Crippen LogP contribution in [0.4, 0.5) is 11.4 Å². The molecule has 2 aliphatic rings. The Labute approximate surface area is 174 Å². The van der Waals surface area contributed by atoms with Gasteiger partial charge < -0.3 is 15.1 Å². The fourth-order valence-corrected chi connectivity index (χ4v) is 4.32. The maximum Gasteiger partial charge on any atom is 0.256 e. The predicted octanol–water partition coefficient (Wildman–Crippen LogP) is 3.63. The van der Waals surface area contributed by atoms with Crippen LogP contribution in [0.2, 0.25) is 5.02 Å². The maximum atomic E-state index is 13.3. The molecular formula is C22H22ClN3O3. The van der Waals surface area contributed by atoms with Gasteiger partial charge >= 0.3 is 0 Å². The lowest BCUT2D eigenvalue weighted by atomic mass is 10.0. The van der Waals surface area contributed by atoms with Gasteiger partial charge in [0.05, 0.1) is 22.0 Å². The van der Waals surface area contributed by atoms with Crippen LogP contribution in [0.5, 0.6) is 0 Å². The van der Waals surface area contributed by atoms with Crippen molar-refractivity contribution in [3.05, 3.63) is 58.6 Å². The number of fused-ring (bicyclic) bond motifs is 2. The summed E-state index contributed by atoms with van der Waals surface area (Å²) in [4.78, 5) is 42.3. The summed E-state index contributed by atoms with van der Waals surface area (Å²) < 4.78 is 0. The number of nitrogens with zero attached hydrogens (tertiary/aromatic N) is 2. The van der Waals surface area contributed by atoms with E-state index in [0.29, 0.717) is 34.9 Å². The van der Waals surface area contributed by atoms with Crippen LogP contribution in [0.15, 0.2) is 42.5 Å². The van der Waals surface area contributed by atoms with E-state index in [9.17, 15) is 14.4 Å². The molecule has 0 bridgehead atoms. The van der Waals surface area contributed by atoms with E-state index in [2.05, 4.69) is 5.32 Å². The summed E-state index contributed by atoms with van der Waals surface area (Å²) >= 11 is 6.22. The molecule has 2 aromatic carbocycles. The van der Waals surface area contributed by atoms with E-state index < -0.39 is 6.04 Å². The Morgan fingerprint density at radius 2 is 1.93 bits per heavy atom. The van der Waals surface area contributed by atoms with Crippen molar-refractivity contribution in [3.8, 4) is 0 Å². The summed E-state index contributed by atoms with van der Waals surface area (Å²) in [6.07, 6.45) is 2.37. The minimum absolute atomic E-state index is 0.150. The molecule has 0 spiro atoms. The van der Waals surface area contributed by atoms with Crippen molar-refractivity contribution < 1.29 is 14.4 Å². The normalized spacial score (nSPS) is 18.8. The number of halogens is 1. The van der Waals surface area contributed by atoms with Crippen molar-refractivity contribution in [1.29, 1.82) is 0 Å². The molecule has 1 atom stereocenters. The second-order valence-corrected chi connectivity index (χ2v) is 7.84. The largest absolute Gasteiger partial charge is 0.327 e. The molecule has 0 aromatic heterocycles. The topological polar surface area (TPSA) is 69.7 Å². The summed E-state index contributed by atoms with van der Waals surface area (Å²) in [7, 11) is 0. The number of nitrogens with one attached hydrogen (secondary N) is 1. The first-order valence-electron chi connectivity index (χ1n) is 9.73. The molecule has 0 radical (unpaired) electrons. The molecule has 1 unspecified atom stereocenters. The minimum atomic E-state index is -0.529. The van der Waals surface area contributed by atoms with Crippen LogP contribution in [0.1, 0.15) is 35.2 Å². The number of rotatable bonds is 3. The predicted molar refractivity (Wildman–Crippen MR) is 112 cm³/mol. The standard InChI is InChI=1S/C22H22ClN3O3/c1-14-7-6-9-16(23)20(14)24-19(27)13-26-17-10-3-2-8-15(17)21(28)25-12-5-4-11-18(25)22(26)29/h2-3,6-10,18H,4-5,11-13H2,1H3,(H,24,27). The van der Waals surface area contributed by atoms with Gasteiger partial charge in [-0.3, -0.25) is 14.4 Å². The van der Waals surface area contributed by atoms with Gasteiger partial charge in [0.2, 0.25) is 11.8 Å². The smallest absolute Gasteiger partial charge is 0.256 e. The molecule has 29 heavy (non-hydrogen) atoms. The SMILES string of the molecule is Cc1cccc(Cl)c1NC(=O)CN1C(=O)C2CCCCN2C(=O)c2ccccc21. The highest BCUT2D eigenvalue weighted by Crippen LogP contribution is 2.32. The Morgan fingerprint density at radius 1 is 1.14 bits per heavy atom. The highest BCUT2D eigenvalue weighted by atomic mass is 35.5. The number of piperidine rings is 1. The van der Waals surface area contributed by atoms with Gasteiger partial charge in [-0.1, -0.05) is 35.9 Å². The minimum Gasteiger partial charge on any atom is -0.327 e. The molecule has 1 saturated heterocycles. The Kier molecular flexibility index (Phi) is 5.28. The molecule has 7 heteroatoms. The molecule has 2 heterocycles. The molecule has 6 nitrogen and oxygen atoms in total. The average Bonchev–Trinajstić information content (AvgIpc) is 2.81. The van der Waals surface area contributed by atoms with Crippen LogP contribution >= 0.6 is 11.6 Å². The first-order valence-corrected chi connectivity index (χ1v) is 10.1. The Morgan fingerprint density at radius 3 is 2.72 bits per heavy atom. The number of carbonyl (C=O) groups is 3. The second-order valence-electron chi connectivity index (χ2n) is 7.43. The second kappa shape index (κ2) is 7.87. The molecular weight excluding hydrogens is 390 g/mol. The summed E-state index contributed by atoms with van der Waals surface area (Å²) in [5, 5.41) is 3.26. The van der Waals surface area contributed by atoms with E-state index in [1.54, 1.807) is 35.2 Å². The van der Waals surface area contributed by atoms with Crippen molar-refractivity contribution >= 4 is 40.7 Å². The Bertz CT molecular complexity index is 971. The first-order chi connectivity index (χ1) is 14.0. The first kappa shape index (κ1) is 19.5. The number of anilines is 2. The number of hydrogen-bond acceptors (Lipinski definition) is 3. The molecule has 150 valence electrons. The van der Waals surface area contributed by atoms with E-state index >= 15 is 0 Å². The number of hydrogen-bond donors (Lipinski definition) is 1. The third-order valence-electron chi connectivity index (χ3n) is 5.53. The van der Waals surface area contributed by atoms with E-state index in [1.165, 1.54) is 4.90 Å². The molecule has 4 rings (SSSR count). The van der Waals surface area contributed by atoms with Gasteiger partial charge in [0, 0.05) is 6.54 Å². The van der Waals surface area contributed by atoms with Crippen LogP contribution in [0, 0.1) is 6.92 Å². The number of aryl methyl sites for hydroxylation is 1. The van der Waals surface area contributed by atoms with E-state index in [0.717, 1.165) is 18.4 Å². The van der Waals surface area contributed by atoms with Crippen LogP contribution in [-0.4, -0.2) is 41.8 Å². The van der Waals surface area contributed by atoms with Gasteiger partial charge in [-0.2, -0.15) is 0 Å². The zero-order valence-corrected chi connectivity index (χ0v) is 16.9. The quantitative estimate of drug-likeness (QED) is 0.838. The van der Waals surface area contributed by atoms with E-state index in [1.807, 2.05) is 19.1 Å². The fraction of sp³-hybridized carbons (Fsp3) is 0.318. The van der Waals surface area contributed by atoms with Crippen molar-refractivity contribution in [2.45, 2.75) is 32.2 Å². The highest BCUT2D eigenvalue weighted by molar-refractivity contribution is 6.34. The molecule has 3 amide bonds. The molecule has 0 aliphatic carbocycles. The molecule has 1 fully saturated rings. The van der Waals surface area contributed by atoms with Gasteiger partial charge in [-0.25, -0.2) is 0 Å². The van der Waals surface area contributed by atoms with Crippen LogP contribution in [0.25, 0.3) is 0 Å². The zero-order valence-electron chi connectivity index (χ0n) is 16.2. The zero-order chi connectivity index (χ0) is 20.5. The summed E-state index contributed by atoms with van der Waals surface area (Å²) in [6, 6.07) is 11.8. The number of amides is 3. The average molecular weight is 412 g/mol. The highest BCUT2D eigenvalue weighted by Gasteiger charge is 2.41. The van der Waals surface area contributed by atoms with Gasteiger partial charge in [-0.05, 0) is 49.9 Å². The van der Waals surface area contributed by atoms with Gasteiger partial charge in [0.25, 0.3) is 5.91 Å².